The Kier molecular flexibility index (Phi) is 8.01. The minimum Gasteiger partial charge on any atom is -0.370 e. The van der Waals surface area contributed by atoms with Crippen LogP contribution < -0.4 is 11.5 Å². The van der Waals surface area contributed by atoms with Gasteiger partial charge in [-0.15, -0.1) is 0 Å². The molecule has 37 heavy (non-hydrogen) atoms. The molecule has 4 rings (SSSR count). The molecule has 0 radical (unpaired) electrons. The average Bonchev–Trinajstić information content (AvgIpc) is 2.86. The van der Waals surface area contributed by atoms with Gasteiger partial charge < -0.3 is 16.4 Å². The lowest BCUT2D eigenvalue weighted by Crippen LogP contribution is -2.38. The van der Waals surface area contributed by atoms with E-state index in [1.54, 1.807) is 0 Å². The zero-order chi connectivity index (χ0) is 26.8. The molecule has 4 N–H and O–H groups in total. The normalized spacial score (nSPS) is 22.1. The fourth-order valence-electron chi connectivity index (χ4n) is 6.41. The maximum absolute atomic E-state index is 13.8. The molecule has 1 saturated carbocycles. The first-order valence-corrected chi connectivity index (χ1v) is 14.0. The van der Waals surface area contributed by atoms with E-state index in [0.29, 0.717) is 24.9 Å². The summed E-state index contributed by atoms with van der Waals surface area (Å²) < 4.78 is 0. The second-order valence-electron chi connectivity index (χ2n) is 12.8. The van der Waals surface area contributed by atoms with Gasteiger partial charge >= 0.3 is 0 Å². The summed E-state index contributed by atoms with van der Waals surface area (Å²) in [6, 6.07) is 14.6. The molecule has 2 atom stereocenters. The molecule has 1 amide bonds. The highest BCUT2D eigenvalue weighted by molar-refractivity contribution is 5.94. The van der Waals surface area contributed by atoms with E-state index in [1.165, 1.54) is 35.1 Å². The van der Waals surface area contributed by atoms with Gasteiger partial charge in [-0.05, 0) is 96.1 Å². The van der Waals surface area contributed by atoms with Crippen molar-refractivity contribution in [2.24, 2.45) is 28.3 Å². The number of nitrogens with zero attached hydrogens (tertiary/aromatic N) is 2. The fraction of sp³-hybridized carbons (Fsp3) is 0.562. The summed E-state index contributed by atoms with van der Waals surface area (Å²) in [5.74, 6) is 1.21. The van der Waals surface area contributed by atoms with Crippen molar-refractivity contribution in [3.8, 4) is 0 Å². The lowest BCUT2D eigenvalue weighted by atomic mass is 9.62. The third-order valence-corrected chi connectivity index (χ3v) is 8.88. The summed E-state index contributed by atoms with van der Waals surface area (Å²) in [4.78, 5) is 20.2. The van der Waals surface area contributed by atoms with Crippen molar-refractivity contribution in [2.45, 2.75) is 90.5 Å². The lowest BCUT2D eigenvalue weighted by Gasteiger charge is -2.42. The van der Waals surface area contributed by atoms with Crippen LogP contribution in [-0.4, -0.2) is 29.9 Å². The van der Waals surface area contributed by atoms with Crippen molar-refractivity contribution in [3.05, 3.63) is 70.3 Å². The maximum Gasteiger partial charge on any atom is 0.254 e. The van der Waals surface area contributed by atoms with Gasteiger partial charge in [0.15, 0.2) is 5.96 Å². The van der Waals surface area contributed by atoms with E-state index in [4.69, 9.17) is 11.5 Å². The molecule has 0 bridgehead atoms. The lowest BCUT2D eigenvalue weighted by molar-refractivity contribution is 0.0686. The number of rotatable bonds is 7. The predicted octanol–water partition coefficient (Wildman–Crippen LogP) is 6.07. The van der Waals surface area contributed by atoms with E-state index >= 15 is 0 Å². The first-order valence-electron chi connectivity index (χ1n) is 14.0. The molecule has 0 spiro atoms. The summed E-state index contributed by atoms with van der Waals surface area (Å²) in [7, 11) is 0. The van der Waals surface area contributed by atoms with Gasteiger partial charge in [0, 0.05) is 25.2 Å². The van der Waals surface area contributed by atoms with Gasteiger partial charge in [0.05, 0.1) is 0 Å². The number of benzene rings is 2. The van der Waals surface area contributed by atoms with Crippen LogP contribution in [0.25, 0.3) is 0 Å². The topological polar surface area (TPSA) is 84.7 Å². The van der Waals surface area contributed by atoms with Crippen LogP contribution in [0.3, 0.4) is 0 Å². The molecule has 0 aliphatic heterocycles. The maximum atomic E-state index is 13.8. The number of aliphatic imine (C=N–C) groups is 1. The molecule has 0 heterocycles. The predicted molar refractivity (Wildman–Crippen MR) is 154 cm³/mol. The van der Waals surface area contributed by atoms with Crippen LogP contribution in [0.1, 0.15) is 98.8 Å². The van der Waals surface area contributed by atoms with Crippen molar-refractivity contribution in [1.82, 2.24) is 4.90 Å². The number of aryl methyl sites for hydroxylation is 1. The SMILES string of the molecule is Cc1cc2c(cc1CN(CC1CCCC(CN=C(N)N)C1)C(=O)c1ccccc1)C(C)(C)CCC2(C)C. The third kappa shape index (κ3) is 6.37. The van der Waals surface area contributed by atoms with Crippen LogP contribution in [0, 0.1) is 18.8 Å². The molecule has 2 aliphatic carbocycles. The number of amides is 1. The molecular formula is C32H46N4O. The molecule has 5 heteroatoms. The van der Waals surface area contributed by atoms with Crippen LogP contribution in [0.2, 0.25) is 0 Å². The Morgan fingerprint density at radius 1 is 0.973 bits per heavy atom. The van der Waals surface area contributed by atoms with E-state index in [2.05, 4.69) is 56.6 Å². The Balaban J connectivity index is 1.63. The summed E-state index contributed by atoms with van der Waals surface area (Å²) in [5, 5.41) is 0. The first-order chi connectivity index (χ1) is 17.5. The van der Waals surface area contributed by atoms with Gasteiger partial charge in [0.2, 0.25) is 0 Å². The quantitative estimate of drug-likeness (QED) is 0.356. The smallest absolute Gasteiger partial charge is 0.254 e. The van der Waals surface area contributed by atoms with Crippen LogP contribution in [0.15, 0.2) is 47.5 Å². The number of nitrogens with two attached hydrogens (primary N) is 2. The monoisotopic (exact) mass is 502 g/mol. The third-order valence-electron chi connectivity index (χ3n) is 8.88. The fourth-order valence-corrected chi connectivity index (χ4v) is 6.41. The van der Waals surface area contributed by atoms with Gasteiger partial charge in [0.25, 0.3) is 5.91 Å². The Hall–Kier alpha value is -2.82. The van der Waals surface area contributed by atoms with Crippen LogP contribution >= 0.6 is 0 Å². The zero-order valence-electron chi connectivity index (χ0n) is 23.5. The highest BCUT2D eigenvalue weighted by atomic mass is 16.2. The van der Waals surface area contributed by atoms with E-state index in [1.807, 2.05) is 30.3 Å². The average molecular weight is 503 g/mol. The highest BCUT2D eigenvalue weighted by Gasteiger charge is 2.37. The number of hydrogen-bond acceptors (Lipinski definition) is 2. The molecule has 2 unspecified atom stereocenters. The van der Waals surface area contributed by atoms with Gasteiger partial charge in [0.1, 0.15) is 0 Å². The van der Waals surface area contributed by atoms with E-state index in [-0.39, 0.29) is 22.7 Å². The van der Waals surface area contributed by atoms with Crippen LogP contribution in [-0.2, 0) is 17.4 Å². The van der Waals surface area contributed by atoms with Crippen LogP contribution in [0.4, 0.5) is 0 Å². The van der Waals surface area contributed by atoms with Crippen molar-refractivity contribution in [1.29, 1.82) is 0 Å². The minimum absolute atomic E-state index is 0.114. The first kappa shape index (κ1) is 27.2. The number of carbonyl (C=O) groups is 1. The zero-order valence-corrected chi connectivity index (χ0v) is 23.5. The van der Waals surface area contributed by atoms with Gasteiger partial charge in [-0.1, -0.05) is 64.4 Å². The molecule has 1 fully saturated rings. The molecule has 0 saturated heterocycles. The minimum atomic E-state index is 0.114. The molecule has 2 aliphatic rings. The highest BCUT2D eigenvalue weighted by Crippen LogP contribution is 2.46. The van der Waals surface area contributed by atoms with Gasteiger partial charge in [-0.2, -0.15) is 0 Å². The molecule has 2 aromatic rings. The summed E-state index contributed by atoms with van der Waals surface area (Å²) in [6.45, 7) is 13.8. The molecule has 2 aromatic carbocycles. The summed E-state index contributed by atoms with van der Waals surface area (Å²) in [5.41, 5.74) is 17.7. The van der Waals surface area contributed by atoms with Gasteiger partial charge in [-0.3, -0.25) is 9.79 Å². The second kappa shape index (κ2) is 10.9. The molecule has 5 nitrogen and oxygen atoms in total. The number of fused-ring (bicyclic) bond motifs is 1. The number of carbonyl (C=O) groups excluding carboxylic acids is 1. The van der Waals surface area contributed by atoms with Crippen molar-refractivity contribution >= 4 is 11.9 Å². The number of guanidine groups is 1. The van der Waals surface area contributed by atoms with Crippen LogP contribution in [0.5, 0.6) is 0 Å². The second-order valence-corrected chi connectivity index (χ2v) is 12.8. The Bertz CT molecular complexity index is 1130. The Morgan fingerprint density at radius 3 is 2.24 bits per heavy atom. The Labute approximate surface area is 223 Å². The van der Waals surface area contributed by atoms with Gasteiger partial charge in [-0.25, -0.2) is 0 Å². The standard InChI is InChI=1S/C32H46N4O/c1-22-16-27-28(32(4,5)15-14-31(27,2)3)18-26(22)21-36(29(37)25-12-7-6-8-13-25)20-24-11-9-10-23(17-24)19-35-30(33)34/h6-8,12-13,16,18,23-24H,9-11,14-15,17,19-21H2,1-5H3,(H4,33,34,35). The number of hydrogen-bond donors (Lipinski definition) is 2. The van der Waals surface area contributed by atoms with E-state index < -0.39 is 0 Å². The largest absolute Gasteiger partial charge is 0.370 e. The summed E-state index contributed by atoms with van der Waals surface area (Å²) in [6.07, 6.45) is 6.88. The Morgan fingerprint density at radius 2 is 1.59 bits per heavy atom. The van der Waals surface area contributed by atoms with Crippen molar-refractivity contribution in [3.63, 3.8) is 0 Å². The molecular weight excluding hydrogens is 456 g/mol. The van der Waals surface area contributed by atoms with Crippen molar-refractivity contribution < 1.29 is 4.79 Å². The molecule has 200 valence electrons. The van der Waals surface area contributed by atoms with E-state index in [0.717, 1.165) is 37.8 Å². The van der Waals surface area contributed by atoms with E-state index in [9.17, 15) is 4.79 Å². The van der Waals surface area contributed by atoms with Crippen molar-refractivity contribution in [2.75, 3.05) is 13.1 Å². The summed E-state index contributed by atoms with van der Waals surface area (Å²) >= 11 is 0. The molecule has 0 aromatic heterocycles.